The second-order valence-corrected chi connectivity index (χ2v) is 4.79. The van der Waals surface area contributed by atoms with Crippen molar-refractivity contribution < 1.29 is 14.3 Å². The molecule has 100 valence electrons. The van der Waals surface area contributed by atoms with Crippen molar-refractivity contribution in [2.75, 3.05) is 0 Å². The summed E-state index contributed by atoms with van der Waals surface area (Å²) in [5.74, 6) is 1.70. The number of fused-ring (bicyclic) bond motifs is 2. The zero-order valence-electron chi connectivity index (χ0n) is 11.2. The summed E-state index contributed by atoms with van der Waals surface area (Å²) < 4.78 is 11.2. The van der Waals surface area contributed by atoms with Crippen molar-refractivity contribution in [3.05, 3.63) is 65.7 Å². The minimum absolute atomic E-state index is 0.375. The smallest absolute Gasteiger partial charge is 0.338 e. The fourth-order valence-electron chi connectivity index (χ4n) is 2.16. The minimum Gasteiger partial charge on any atom is -0.457 e. The lowest BCUT2D eigenvalue weighted by Gasteiger charge is -2.21. The molecule has 0 unspecified atom stereocenters. The van der Waals surface area contributed by atoms with Gasteiger partial charge in [0, 0.05) is 17.6 Å². The first-order valence-corrected chi connectivity index (χ1v) is 6.40. The average molecular weight is 266 g/mol. The molecule has 1 heterocycles. The van der Waals surface area contributed by atoms with E-state index in [0.717, 1.165) is 22.6 Å². The monoisotopic (exact) mass is 266 g/mol. The third kappa shape index (κ3) is 2.18. The zero-order chi connectivity index (χ0) is 14.1. The molecule has 0 saturated heterocycles. The summed E-state index contributed by atoms with van der Waals surface area (Å²) in [6.07, 6.45) is 0.686. The van der Waals surface area contributed by atoms with Crippen LogP contribution in [0.4, 0.5) is 0 Å². The highest BCUT2D eigenvalue weighted by Gasteiger charge is 2.21. The van der Waals surface area contributed by atoms with Crippen molar-refractivity contribution in [1.29, 1.82) is 0 Å². The molecule has 2 aromatic rings. The first-order chi connectivity index (χ1) is 9.65. The molecule has 0 fully saturated rings. The number of rotatable bonds is 2. The Morgan fingerprint density at radius 1 is 1.15 bits per heavy atom. The van der Waals surface area contributed by atoms with Crippen LogP contribution in [0, 0.1) is 0 Å². The third-order valence-electron chi connectivity index (χ3n) is 3.20. The second kappa shape index (κ2) is 4.85. The summed E-state index contributed by atoms with van der Waals surface area (Å²) >= 11 is 0. The van der Waals surface area contributed by atoms with E-state index in [4.69, 9.17) is 9.47 Å². The van der Waals surface area contributed by atoms with Gasteiger partial charge in [-0.1, -0.05) is 30.8 Å². The molecule has 0 atom stereocenters. The molecule has 3 nitrogen and oxygen atoms in total. The van der Waals surface area contributed by atoms with E-state index in [1.54, 1.807) is 13.0 Å². The van der Waals surface area contributed by atoms with E-state index in [0.29, 0.717) is 17.7 Å². The van der Waals surface area contributed by atoms with Crippen LogP contribution in [0.1, 0.15) is 18.1 Å². The van der Waals surface area contributed by atoms with E-state index in [-0.39, 0.29) is 0 Å². The van der Waals surface area contributed by atoms with Gasteiger partial charge >= 0.3 is 5.97 Å². The Labute approximate surface area is 117 Å². The summed E-state index contributed by atoms with van der Waals surface area (Å²) in [5.41, 5.74) is 2.35. The van der Waals surface area contributed by atoms with Crippen LogP contribution in [-0.2, 0) is 11.2 Å². The van der Waals surface area contributed by atoms with E-state index in [2.05, 4.69) is 6.58 Å². The molecule has 0 saturated carbocycles. The van der Waals surface area contributed by atoms with E-state index >= 15 is 0 Å². The third-order valence-corrected chi connectivity index (χ3v) is 3.20. The zero-order valence-corrected chi connectivity index (χ0v) is 11.2. The number of para-hydroxylation sites is 1. The molecule has 0 radical (unpaired) electrons. The Morgan fingerprint density at radius 2 is 1.90 bits per heavy atom. The Morgan fingerprint density at radius 3 is 2.70 bits per heavy atom. The largest absolute Gasteiger partial charge is 0.457 e. The van der Waals surface area contributed by atoms with Gasteiger partial charge in [-0.2, -0.15) is 0 Å². The first kappa shape index (κ1) is 12.5. The fourth-order valence-corrected chi connectivity index (χ4v) is 2.16. The molecule has 0 spiro atoms. The highest BCUT2D eigenvalue weighted by Crippen LogP contribution is 2.40. The quantitative estimate of drug-likeness (QED) is 0.401. The van der Waals surface area contributed by atoms with Crippen molar-refractivity contribution in [2.45, 2.75) is 13.3 Å². The van der Waals surface area contributed by atoms with Gasteiger partial charge in [-0.15, -0.1) is 0 Å². The molecule has 0 amide bonds. The van der Waals surface area contributed by atoms with Crippen molar-refractivity contribution >= 4 is 5.97 Å². The van der Waals surface area contributed by atoms with Gasteiger partial charge < -0.3 is 9.47 Å². The summed E-state index contributed by atoms with van der Waals surface area (Å²) in [6, 6.07) is 13.3. The molecule has 0 N–H and O–H groups in total. The Balaban J connectivity index is 1.98. The molecule has 1 aliphatic heterocycles. The van der Waals surface area contributed by atoms with Crippen LogP contribution in [-0.4, -0.2) is 5.97 Å². The maximum atomic E-state index is 11.7. The highest BCUT2D eigenvalue weighted by atomic mass is 16.5. The van der Waals surface area contributed by atoms with Crippen LogP contribution in [0.15, 0.2) is 54.6 Å². The van der Waals surface area contributed by atoms with E-state index in [1.165, 1.54) is 0 Å². The maximum absolute atomic E-state index is 11.7. The van der Waals surface area contributed by atoms with Gasteiger partial charge in [-0.3, -0.25) is 0 Å². The minimum atomic E-state index is -0.419. The van der Waals surface area contributed by atoms with Gasteiger partial charge in [0.25, 0.3) is 0 Å². The lowest BCUT2D eigenvalue weighted by atomic mass is 9.99. The Kier molecular flexibility index (Phi) is 3.03. The summed E-state index contributed by atoms with van der Waals surface area (Å²) in [4.78, 5) is 11.7. The standard InChI is InChI=1S/C17H14O3/c1-11(2)17(18)20-16-9-5-8-15-13(16)10-12-6-3-4-7-14(12)19-15/h3-9H,1,10H2,2H3. The molecule has 0 aromatic heterocycles. The predicted molar refractivity (Wildman–Crippen MR) is 76.2 cm³/mol. The lowest BCUT2D eigenvalue weighted by Crippen LogP contribution is -2.12. The van der Waals surface area contributed by atoms with Gasteiger partial charge in [0.05, 0.1) is 0 Å². The van der Waals surface area contributed by atoms with Crippen LogP contribution < -0.4 is 9.47 Å². The van der Waals surface area contributed by atoms with Crippen molar-refractivity contribution in [3.8, 4) is 17.2 Å². The molecule has 2 aromatic carbocycles. The average Bonchev–Trinajstić information content (AvgIpc) is 2.45. The number of hydrogen-bond acceptors (Lipinski definition) is 3. The topological polar surface area (TPSA) is 35.5 Å². The molecule has 0 bridgehead atoms. The Hall–Kier alpha value is -2.55. The van der Waals surface area contributed by atoms with Gasteiger partial charge in [0.15, 0.2) is 0 Å². The Bertz CT molecular complexity index is 701. The predicted octanol–water partition coefficient (Wildman–Crippen LogP) is 3.86. The van der Waals surface area contributed by atoms with Gasteiger partial charge in [-0.25, -0.2) is 4.79 Å². The van der Waals surface area contributed by atoms with Crippen LogP contribution in [0.2, 0.25) is 0 Å². The number of carbonyl (C=O) groups is 1. The van der Waals surface area contributed by atoms with Crippen LogP contribution in [0.25, 0.3) is 0 Å². The summed E-state index contributed by atoms with van der Waals surface area (Å²) in [6.45, 7) is 5.22. The summed E-state index contributed by atoms with van der Waals surface area (Å²) in [5, 5.41) is 0. The number of esters is 1. The van der Waals surface area contributed by atoms with Crippen LogP contribution in [0.3, 0.4) is 0 Å². The van der Waals surface area contributed by atoms with E-state index in [1.807, 2.05) is 36.4 Å². The van der Waals surface area contributed by atoms with Crippen LogP contribution in [0.5, 0.6) is 17.2 Å². The maximum Gasteiger partial charge on any atom is 0.338 e. The SMILES string of the molecule is C=C(C)C(=O)Oc1cccc2c1Cc1ccccc1O2. The highest BCUT2D eigenvalue weighted by molar-refractivity contribution is 5.89. The molecular formula is C17H14O3. The van der Waals surface area contributed by atoms with Crippen molar-refractivity contribution in [3.63, 3.8) is 0 Å². The lowest BCUT2D eigenvalue weighted by molar-refractivity contribution is -0.130. The van der Waals surface area contributed by atoms with E-state index in [9.17, 15) is 4.79 Å². The van der Waals surface area contributed by atoms with Gasteiger partial charge in [-0.05, 0) is 30.7 Å². The molecule has 20 heavy (non-hydrogen) atoms. The molecule has 3 heteroatoms. The number of carbonyl (C=O) groups excluding carboxylic acids is 1. The molecule has 3 rings (SSSR count). The molecule has 1 aliphatic rings. The number of hydrogen-bond donors (Lipinski definition) is 0. The van der Waals surface area contributed by atoms with Crippen molar-refractivity contribution in [1.82, 2.24) is 0 Å². The number of benzene rings is 2. The summed E-state index contributed by atoms with van der Waals surface area (Å²) in [7, 11) is 0. The van der Waals surface area contributed by atoms with Crippen LogP contribution >= 0.6 is 0 Å². The van der Waals surface area contributed by atoms with Gasteiger partial charge in [0.2, 0.25) is 0 Å². The number of ether oxygens (including phenoxy) is 2. The first-order valence-electron chi connectivity index (χ1n) is 6.40. The molecular weight excluding hydrogens is 252 g/mol. The van der Waals surface area contributed by atoms with Gasteiger partial charge in [0.1, 0.15) is 17.2 Å². The van der Waals surface area contributed by atoms with E-state index < -0.39 is 5.97 Å². The normalized spacial score (nSPS) is 11.8. The fraction of sp³-hybridized carbons (Fsp3) is 0.118. The van der Waals surface area contributed by atoms with Crippen molar-refractivity contribution in [2.24, 2.45) is 0 Å². The second-order valence-electron chi connectivity index (χ2n) is 4.79. The molecule has 0 aliphatic carbocycles.